The molecule has 0 bridgehead atoms. The van der Waals surface area contributed by atoms with Crippen molar-refractivity contribution in [3.05, 3.63) is 0 Å². The Morgan fingerprint density at radius 1 is 0.714 bits per heavy atom. The van der Waals surface area contributed by atoms with E-state index in [9.17, 15) is 4.79 Å². The maximum Gasteiger partial charge on any atom is 0.306 e. The minimum absolute atomic E-state index is 0.182. The summed E-state index contributed by atoms with van der Waals surface area (Å²) in [6, 6.07) is 0. The highest BCUT2D eigenvalue weighted by atomic mass is 16.4. The minimum atomic E-state index is -0.655. The van der Waals surface area contributed by atoms with Gasteiger partial charge in [-0.15, -0.1) is 0 Å². The van der Waals surface area contributed by atoms with Gasteiger partial charge in [0, 0.05) is 0 Å². The third-order valence-electron chi connectivity index (χ3n) is 4.63. The van der Waals surface area contributed by atoms with Gasteiger partial charge in [-0.05, 0) is 24.2 Å². The van der Waals surface area contributed by atoms with Gasteiger partial charge >= 0.3 is 5.97 Å². The molecule has 0 radical (unpaired) electrons. The molecule has 0 spiro atoms. The lowest BCUT2D eigenvalue weighted by Crippen LogP contribution is -2.09. The van der Waals surface area contributed by atoms with Crippen molar-refractivity contribution in [2.24, 2.45) is 23.7 Å². The molecule has 2 heteroatoms. The van der Waals surface area contributed by atoms with E-state index in [-0.39, 0.29) is 5.92 Å². The average Bonchev–Trinajstić information content (AvgIpc) is 2.37. The van der Waals surface area contributed by atoms with Crippen LogP contribution in [0.15, 0.2) is 0 Å². The Morgan fingerprint density at radius 2 is 1.10 bits per heavy atom. The molecule has 0 aliphatic carbocycles. The molecule has 0 saturated carbocycles. The summed E-state index contributed by atoms with van der Waals surface area (Å²) < 4.78 is 0. The first-order chi connectivity index (χ1) is 9.82. The first kappa shape index (κ1) is 20.5. The van der Waals surface area contributed by atoms with Crippen molar-refractivity contribution in [3.63, 3.8) is 0 Å². The van der Waals surface area contributed by atoms with Crippen LogP contribution in [0.2, 0.25) is 0 Å². The molecule has 0 rings (SSSR count). The van der Waals surface area contributed by atoms with E-state index in [4.69, 9.17) is 5.11 Å². The zero-order valence-electron chi connectivity index (χ0n) is 15.0. The van der Waals surface area contributed by atoms with Crippen molar-refractivity contribution in [1.29, 1.82) is 0 Å². The van der Waals surface area contributed by atoms with E-state index in [1.54, 1.807) is 0 Å². The van der Waals surface area contributed by atoms with Gasteiger partial charge in [0.1, 0.15) is 0 Å². The summed E-state index contributed by atoms with van der Waals surface area (Å²) in [6.07, 6.45) is 11.2. The number of carbonyl (C=O) groups is 1. The average molecular weight is 299 g/mol. The van der Waals surface area contributed by atoms with Crippen molar-refractivity contribution < 1.29 is 9.90 Å². The lowest BCUT2D eigenvalue weighted by Gasteiger charge is -2.15. The van der Waals surface area contributed by atoms with Crippen molar-refractivity contribution in [2.45, 2.75) is 92.4 Å². The van der Waals surface area contributed by atoms with Crippen LogP contribution in [-0.4, -0.2) is 11.1 Å². The van der Waals surface area contributed by atoms with Crippen LogP contribution in [0.1, 0.15) is 92.4 Å². The molecular formula is C19H38O2. The van der Waals surface area contributed by atoms with Gasteiger partial charge < -0.3 is 5.11 Å². The largest absolute Gasteiger partial charge is 0.481 e. The first-order valence-corrected chi connectivity index (χ1v) is 9.05. The van der Waals surface area contributed by atoms with E-state index in [1.807, 2.05) is 6.92 Å². The molecule has 126 valence electrons. The molecule has 1 N–H and O–H groups in total. The fraction of sp³-hybridized carbons (Fsp3) is 0.947. The summed E-state index contributed by atoms with van der Waals surface area (Å²) >= 11 is 0. The highest BCUT2D eigenvalue weighted by Gasteiger charge is 2.11. The van der Waals surface area contributed by atoms with Gasteiger partial charge in [0.05, 0.1) is 5.92 Å². The second kappa shape index (κ2) is 12.1. The van der Waals surface area contributed by atoms with Crippen LogP contribution in [0.25, 0.3) is 0 Å². The molecule has 3 atom stereocenters. The Hall–Kier alpha value is -0.530. The van der Waals surface area contributed by atoms with E-state index in [0.29, 0.717) is 0 Å². The molecular weight excluding hydrogens is 260 g/mol. The molecule has 0 aromatic carbocycles. The zero-order chi connectivity index (χ0) is 16.3. The van der Waals surface area contributed by atoms with Gasteiger partial charge in [0.15, 0.2) is 0 Å². The van der Waals surface area contributed by atoms with Crippen LogP contribution in [0.3, 0.4) is 0 Å². The van der Waals surface area contributed by atoms with Crippen LogP contribution < -0.4 is 0 Å². The fourth-order valence-corrected chi connectivity index (χ4v) is 2.87. The Kier molecular flexibility index (Phi) is 11.8. The summed E-state index contributed by atoms with van der Waals surface area (Å²) in [4.78, 5) is 10.8. The molecule has 0 aliphatic heterocycles. The van der Waals surface area contributed by atoms with E-state index in [1.165, 1.54) is 44.9 Å². The number of rotatable bonds is 13. The van der Waals surface area contributed by atoms with Gasteiger partial charge in [-0.3, -0.25) is 4.79 Å². The third-order valence-corrected chi connectivity index (χ3v) is 4.63. The maximum atomic E-state index is 10.8. The summed E-state index contributed by atoms with van der Waals surface area (Å²) in [5, 5.41) is 8.85. The Balaban J connectivity index is 3.52. The number of carboxylic acids is 1. The standard InChI is InChI=1S/C19H38O2/c1-15(2)9-6-10-16(3)11-7-12-17(4)13-8-14-18(5)19(20)21/h15-18H,6-14H2,1-5H3,(H,20,21). The van der Waals surface area contributed by atoms with E-state index in [0.717, 1.165) is 30.6 Å². The first-order valence-electron chi connectivity index (χ1n) is 9.05. The Labute approximate surface area is 132 Å². The van der Waals surface area contributed by atoms with Crippen LogP contribution in [0.4, 0.5) is 0 Å². The van der Waals surface area contributed by atoms with Crippen molar-refractivity contribution in [1.82, 2.24) is 0 Å². The quantitative estimate of drug-likeness (QED) is 0.443. The molecule has 0 aliphatic rings. The van der Waals surface area contributed by atoms with Crippen molar-refractivity contribution >= 4 is 5.97 Å². The normalized spacial score (nSPS) is 15.9. The minimum Gasteiger partial charge on any atom is -0.481 e. The van der Waals surface area contributed by atoms with Gasteiger partial charge in [-0.1, -0.05) is 86.0 Å². The molecule has 2 nitrogen and oxygen atoms in total. The van der Waals surface area contributed by atoms with Crippen LogP contribution in [0, 0.1) is 23.7 Å². The fourth-order valence-electron chi connectivity index (χ4n) is 2.87. The number of hydrogen-bond donors (Lipinski definition) is 1. The summed E-state index contributed by atoms with van der Waals surface area (Å²) in [7, 11) is 0. The lowest BCUT2D eigenvalue weighted by atomic mass is 9.91. The van der Waals surface area contributed by atoms with Crippen molar-refractivity contribution in [3.8, 4) is 0 Å². The second-order valence-electron chi connectivity index (χ2n) is 7.64. The zero-order valence-corrected chi connectivity index (χ0v) is 15.0. The molecule has 0 aromatic rings. The van der Waals surface area contributed by atoms with E-state index in [2.05, 4.69) is 27.7 Å². The van der Waals surface area contributed by atoms with Gasteiger partial charge in [0.2, 0.25) is 0 Å². The topological polar surface area (TPSA) is 37.3 Å². The Bertz CT molecular complexity index is 260. The van der Waals surface area contributed by atoms with Gasteiger partial charge in [-0.25, -0.2) is 0 Å². The molecule has 0 heterocycles. The SMILES string of the molecule is CC(C)CCCC(C)CCCC(C)CCCC(C)C(=O)O. The summed E-state index contributed by atoms with van der Waals surface area (Å²) in [6.45, 7) is 11.1. The second-order valence-corrected chi connectivity index (χ2v) is 7.64. The smallest absolute Gasteiger partial charge is 0.306 e. The number of hydrogen-bond acceptors (Lipinski definition) is 1. The predicted molar refractivity (Wildman–Crippen MR) is 91.5 cm³/mol. The predicted octanol–water partition coefficient (Wildman–Crippen LogP) is 6.15. The number of aliphatic carboxylic acids is 1. The molecule has 0 amide bonds. The van der Waals surface area contributed by atoms with E-state index < -0.39 is 5.97 Å². The van der Waals surface area contributed by atoms with Crippen molar-refractivity contribution in [2.75, 3.05) is 0 Å². The highest BCUT2D eigenvalue weighted by molar-refractivity contribution is 5.69. The molecule has 0 saturated heterocycles. The van der Waals surface area contributed by atoms with Crippen LogP contribution in [0.5, 0.6) is 0 Å². The monoisotopic (exact) mass is 298 g/mol. The van der Waals surface area contributed by atoms with E-state index >= 15 is 0 Å². The maximum absolute atomic E-state index is 10.8. The molecule has 0 fully saturated rings. The number of carboxylic acid groups (broad SMARTS) is 1. The highest BCUT2D eigenvalue weighted by Crippen LogP contribution is 2.22. The third kappa shape index (κ3) is 12.9. The lowest BCUT2D eigenvalue weighted by molar-refractivity contribution is -0.141. The van der Waals surface area contributed by atoms with Gasteiger partial charge in [-0.2, -0.15) is 0 Å². The Morgan fingerprint density at radius 3 is 1.48 bits per heavy atom. The van der Waals surface area contributed by atoms with Crippen LogP contribution >= 0.6 is 0 Å². The molecule has 21 heavy (non-hydrogen) atoms. The van der Waals surface area contributed by atoms with Gasteiger partial charge in [0.25, 0.3) is 0 Å². The molecule has 0 aromatic heterocycles. The summed E-state index contributed by atoms with van der Waals surface area (Å²) in [5.41, 5.74) is 0. The summed E-state index contributed by atoms with van der Waals surface area (Å²) in [5.74, 6) is 1.61. The molecule has 3 unspecified atom stereocenters. The van der Waals surface area contributed by atoms with Crippen LogP contribution in [-0.2, 0) is 4.79 Å².